The van der Waals surface area contributed by atoms with Crippen LogP contribution in [-0.2, 0) is 0 Å². The molecular weight excluding hydrogens is 281 g/mol. The molecule has 0 spiro atoms. The predicted molar refractivity (Wildman–Crippen MR) is 75.4 cm³/mol. The van der Waals surface area contributed by atoms with Gasteiger partial charge in [-0.1, -0.05) is 23.7 Å². The number of carbonyl (C=O) groups excluding carboxylic acids is 1. The van der Waals surface area contributed by atoms with Crippen LogP contribution < -0.4 is 5.32 Å². The summed E-state index contributed by atoms with van der Waals surface area (Å²) in [4.78, 5) is 12.1. The molecule has 2 aromatic carbocycles. The lowest BCUT2D eigenvalue weighted by molar-refractivity contribution is 0.0937. The number of hydrogen-bond donors (Lipinski definition) is 2. The van der Waals surface area contributed by atoms with Gasteiger partial charge in [0.1, 0.15) is 11.6 Å². The quantitative estimate of drug-likeness (QED) is 0.907. The van der Waals surface area contributed by atoms with Gasteiger partial charge in [0.15, 0.2) is 0 Å². The highest BCUT2D eigenvalue weighted by molar-refractivity contribution is 6.31. The lowest BCUT2D eigenvalue weighted by atomic mass is 10.1. The molecule has 0 unspecified atom stereocenters. The number of aromatic hydroxyl groups is 1. The standard InChI is InChI=1S/C15H13ClFNO2/c1-9(10-2-5-12(17)6-3-10)18-15(20)13-8-11(16)4-7-14(13)19/h2-9,19H,1H3,(H,18,20)/t9-/m1/s1. The van der Waals surface area contributed by atoms with Crippen LogP contribution in [0.3, 0.4) is 0 Å². The minimum absolute atomic E-state index is 0.103. The van der Waals surface area contributed by atoms with Crippen LogP contribution in [0.4, 0.5) is 4.39 Å². The summed E-state index contributed by atoms with van der Waals surface area (Å²) in [6, 6.07) is 9.78. The largest absolute Gasteiger partial charge is 0.507 e. The first-order valence-electron chi connectivity index (χ1n) is 6.02. The van der Waals surface area contributed by atoms with Crippen molar-refractivity contribution in [2.75, 3.05) is 0 Å². The van der Waals surface area contributed by atoms with E-state index in [4.69, 9.17) is 11.6 Å². The molecule has 3 nitrogen and oxygen atoms in total. The van der Waals surface area contributed by atoms with Gasteiger partial charge in [0.05, 0.1) is 11.6 Å². The van der Waals surface area contributed by atoms with Gasteiger partial charge >= 0.3 is 0 Å². The van der Waals surface area contributed by atoms with E-state index in [2.05, 4.69) is 5.32 Å². The maximum atomic E-state index is 12.8. The summed E-state index contributed by atoms with van der Waals surface area (Å²) in [6.45, 7) is 1.77. The van der Waals surface area contributed by atoms with Crippen molar-refractivity contribution in [3.8, 4) is 5.75 Å². The highest BCUT2D eigenvalue weighted by Crippen LogP contribution is 2.22. The number of nitrogens with one attached hydrogen (secondary N) is 1. The second-order valence-electron chi connectivity index (χ2n) is 4.41. The van der Waals surface area contributed by atoms with Gasteiger partial charge in [-0.2, -0.15) is 0 Å². The highest BCUT2D eigenvalue weighted by Gasteiger charge is 2.15. The van der Waals surface area contributed by atoms with E-state index in [0.29, 0.717) is 5.02 Å². The second kappa shape index (κ2) is 5.92. The van der Waals surface area contributed by atoms with E-state index in [1.807, 2.05) is 0 Å². The summed E-state index contributed by atoms with van der Waals surface area (Å²) in [5.41, 5.74) is 0.868. The first-order chi connectivity index (χ1) is 9.47. The number of rotatable bonds is 3. The van der Waals surface area contributed by atoms with Crippen molar-refractivity contribution in [2.45, 2.75) is 13.0 Å². The van der Waals surface area contributed by atoms with Crippen LogP contribution in [0.2, 0.25) is 5.02 Å². The van der Waals surface area contributed by atoms with E-state index >= 15 is 0 Å². The molecule has 2 rings (SSSR count). The molecule has 0 saturated heterocycles. The van der Waals surface area contributed by atoms with Crippen molar-refractivity contribution in [3.05, 3.63) is 64.4 Å². The Hall–Kier alpha value is -2.07. The van der Waals surface area contributed by atoms with Gasteiger partial charge in [0.25, 0.3) is 5.91 Å². The molecule has 0 saturated carbocycles. The summed E-state index contributed by atoms with van der Waals surface area (Å²) >= 11 is 5.80. The fourth-order valence-electron chi connectivity index (χ4n) is 1.80. The molecule has 2 aromatic rings. The van der Waals surface area contributed by atoms with Crippen LogP contribution in [0, 0.1) is 5.82 Å². The van der Waals surface area contributed by atoms with Gasteiger partial charge in [-0.3, -0.25) is 4.79 Å². The molecular formula is C15H13ClFNO2. The number of phenolic OH excluding ortho intramolecular Hbond substituents is 1. The molecule has 0 heterocycles. The van der Waals surface area contributed by atoms with Crippen LogP contribution in [0.25, 0.3) is 0 Å². The van der Waals surface area contributed by atoms with E-state index in [0.717, 1.165) is 5.56 Å². The monoisotopic (exact) mass is 293 g/mol. The first-order valence-corrected chi connectivity index (χ1v) is 6.40. The molecule has 0 aliphatic heterocycles. The van der Waals surface area contributed by atoms with Gasteiger partial charge in [-0.05, 0) is 42.8 Å². The molecule has 104 valence electrons. The summed E-state index contributed by atoms with van der Waals surface area (Å²) in [5.74, 6) is -0.917. The number of phenols is 1. The van der Waals surface area contributed by atoms with Crippen molar-refractivity contribution in [1.82, 2.24) is 5.32 Å². The highest BCUT2D eigenvalue weighted by atomic mass is 35.5. The zero-order valence-corrected chi connectivity index (χ0v) is 11.5. The Morgan fingerprint density at radius 2 is 1.90 bits per heavy atom. The van der Waals surface area contributed by atoms with Gasteiger partial charge in [0.2, 0.25) is 0 Å². The molecule has 5 heteroatoms. The Balaban J connectivity index is 2.15. The number of carbonyl (C=O) groups is 1. The summed E-state index contributed by atoms with van der Waals surface area (Å²) in [6.07, 6.45) is 0. The Bertz CT molecular complexity index is 628. The Morgan fingerprint density at radius 1 is 1.25 bits per heavy atom. The molecule has 0 fully saturated rings. The molecule has 0 aliphatic carbocycles. The molecule has 1 amide bonds. The van der Waals surface area contributed by atoms with Gasteiger partial charge in [0, 0.05) is 5.02 Å². The second-order valence-corrected chi connectivity index (χ2v) is 4.84. The zero-order chi connectivity index (χ0) is 14.7. The van der Waals surface area contributed by atoms with Crippen molar-refractivity contribution in [1.29, 1.82) is 0 Å². The molecule has 0 bridgehead atoms. The average Bonchev–Trinajstić information content (AvgIpc) is 2.42. The van der Waals surface area contributed by atoms with Crippen LogP contribution in [0.15, 0.2) is 42.5 Å². The van der Waals surface area contributed by atoms with Crippen molar-refractivity contribution in [3.63, 3.8) is 0 Å². The van der Waals surface area contributed by atoms with Crippen LogP contribution in [0.1, 0.15) is 28.9 Å². The zero-order valence-electron chi connectivity index (χ0n) is 10.7. The molecule has 20 heavy (non-hydrogen) atoms. The Labute approximate surface area is 121 Å². The van der Waals surface area contributed by atoms with E-state index in [1.165, 1.54) is 30.3 Å². The third kappa shape index (κ3) is 3.27. The average molecular weight is 294 g/mol. The lowest BCUT2D eigenvalue weighted by Crippen LogP contribution is -2.26. The Kier molecular flexibility index (Phi) is 4.25. The number of benzene rings is 2. The third-order valence-corrected chi connectivity index (χ3v) is 3.16. The van der Waals surface area contributed by atoms with Gasteiger partial charge in [-0.25, -0.2) is 4.39 Å². The smallest absolute Gasteiger partial charge is 0.255 e. The molecule has 0 aromatic heterocycles. The van der Waals surface area contributed by atoms with Crippen LogP contribution >= 0.6 is 11.6 Å². The molecule has 0 aliphatic rings. The number of hydrogen-bond acceptors (Lipinski definition) is 2. The summed E-state index contributed by atoms with van der Waals surface area (Å²) in [7, 11) is 0. The SMILES string of the molecule is C[C@@H](NC(=O)c1cc(Cl)ccc1O)c1ccc(F)cc1. The molecule has 1 atom stereocenters. The number of amides is 1. The van der Waals surface area contributed by atoms with Crippen LogP contribution in [-0.4, -0.2) is 11.0 Å². The molecule has 0 radical (unpaired) electrons. The maximum absolute atomic E-state index is 12.8. The van der Waals surface area contributed by atoms with E-state index < -0.39 is 5.91 Å². The predicted octanol–water partition coefficient (Wildman–Crippen LogP) is 3.68. The van der Waals surface area contributed by atoms with E-state index in [9.17, 15) is 14.3 Å². The van der Waals surface area contributed by atoms with Gasteiger partial charge < -0.3 is 10.4 Å². The third-order valence-electron chi connectivity index (χ3n) is 2.92. The normalized spacial score (nSPS) is 11.9. The summed E-state index contributed by atoms with van der Waals surface area (Å²) in [5, 5.41) is 12.7. The fourth-order valence-corrected chi connectivity index (χ4v) is 1.97. The van der Waals surface area contributed by atoms with E-state index in [1.54, 1.807) is 19.1 Å². The van der Waals surface area contributed by atoms with Crippen LogP contribution in [0.5, 0.6) is 5.75 Å². The van der Waals surface area contributed by atoms with Gasteiger partial charge in [-0.15, -0.1) is 0 Å². The van der Waals surface area contributed by atoms with Crippen molar-refractivity contribution in [2.24, 2.45) is 0 Å². The first kappa shape index (κ1) is 14.3. The fraction of sp³-hybridized carbons (Fsp3) is 0.133. The minimum Gasteiger partial charge on any atom is -0.507 e. The Morgan fingerprint density at radius 3 is 2.55 bits per heavy atom. The van der Waals surface area contributed by atoms with Crippen molar-refractivity contribution >= 4 is 17.5 Å². The molecule has 2 N–H and O–H groups in total. The maximum Gasteiger partial charge on any atom is 0.255 e. The lowest BCUT2D eigenvalue weighted by Gasteiger charge is -2.15. The summed E-state index contributed by atoms with van der Waals surface area (Å²) < 4.78 is 12.8. The van der Waals surface area contributed by atoms with Crippen molar-refractivity contribution < 1.29 is 14.3 Å². The topological polar surface area (TPSA) is 49.3 Å². The number of halogens is 2. The minimum atomic E-state index is -0.443. The van der Waals surface area contributed by atoms with E-state index in [-0.39, 0.29) is 23.2 Å².